The van der Waals surface area contributed by atoms with E-state index in [1.807, 2.05) is 36.0 Å². The van der Waals surface area contributed by atoms with Gasteiger partial charge < -0.3 is 10.6 Å². The molecule has 1 aromatic carbocycles. The van der Waals surface area contributed by atoms with E-state index in [0.717, 1.165) is 39.9 Å². The molecule has 0 fully saturated rings. The summed E-state index contributed by atoms with van der Waals surface area (Å²) in [4.78, 5) is 8.73. The van der Waals surface area contributed by atoms with Crippen molar-refractivity contribution < 1.29 is 0 Å². The van der Waals surface area contributed by atoms with Gasteiger partial charge in [0.1, 0.15) is 0 Å². The van der Waals surface area contributed by atoms with Crippen molar-refractivity contribution >= 4 is 29.9 Å². The van der Waals surface area contributed by atoms with Crippen molar-refractivity contribution in [1.29, 1.82) is 0 Å². The Morgan fingerprint density at radius 3 is 2.46 bits per heavy atom. The number of hydrogen-bond donors (Lipinski definition) is 2. The third-order valence-corrected chi connectivity index (χ3v) is 4.44. The molecule has 6 nitrogen and oxygen atoms in total. The molecule has 28 heavy (non-hydrogen) atoms. The van der Waals surface area contributed by atoms with Crippen LogP contribution in [-0.4, -0.2) is 27.8 Å². The maximum atomic E-state index is 4.61. The fourth-order valence-corrected chi connectivity index (χ4v) is 3.01. The van der Waals surface area contributed by atoms with E-state index in [1.54, 1.807) is 7.05 Å². The SMILES string of the molecule is CN=C(NCc1ccccc1-n1nc(C)cc1C)NCc1ncccc1C.I. The summed E-state index contributed by atoms with van der Waals surface area (Å²) in [6.07, 6.45) is 1.81. The van der Waals surface area contributed by atoms with Crippen LogP contribution in [0.4, 0.5) is 0 Å². The van der Waals surface area contributed by atoms with E-state index in [0.29, 0.717) is 13.1 Å². The van der Waals surface area contributed by atoms with Crippen molar-refractivity contribution in [3.63, 3.8) is 0 Å². The van der Waals surface area contributed by atoms with E-state index in [-0.39, 0.29) is 24.0 Å². The summed E-state index contributed by atoms with van der Waals surface area (Å²) in [7, 11) is 1.77. The molecule has 0 aliphatic carbocycles. The predicted molar refractivity (Wildman–Crippen MR) is 124 cm³/mol. The fourth-order valence-electron chi connectivity index (χ4n) is 3.01. The monoisotopic (exact) mass is 490 g/mol. The van der Waals surface area contributed by atoms with Gasteiger partial charge in [0.05, 0.1) is 23.6 Å². The summed E-state index contributed by atoms with van der Waals surface area (Å²) in [6.45, 7) is 7.42. The molecule has 0 saturated carbocycles. The number of nitrogens with zero attached hydrogens (tertiary/aromatic N) is 4. The summed E-state index contributed by atoms with van der Waals surface area (Å²) >= 11 is 0. The number of rotatable bonds is 5. The Bertz CT molecular complexity index is 948. The first kappa shape index (κ1) is 21.9. The Labute approximate surface area is 183 Å². The van der Waals surface area contributed by atoms with Crippen LogP contribution < -0.4 is 10.6 Å². The van der Waals surface area contributed by atoms with Crippen molar-refractivity contribution in [1.82, 2.24) is 25.4 Å². The molecule has 2 aromatic heterocycles. The van der Waals surface area contributed by atoms with Crippen LogP contribution in [0.1, 0.15) is 28.2 Å². The lowest BCUT2D eigenvalue weighted by Crippen LogP contribution is -2.36. The minimum Gasteiger partial charge on any atom is -0.352 e. The van der Waals surface area contributed by atoms with Crippen molar-refractivity contribution in [3.05, 3.63) is 76.9 Å². The Kier molecular flexibility index (Phi) is 7.98. The molecule has 3 aromatic rings. The Morgan fingerprint density at radius 2 is 1.79 bits per heavy atom. The van der Waals surface area contributed by atoms with Crippen LogP contribution in [0.3, 0.4) is 0 Å². The first-order chi connectivity index (χ1) is 13.1. The maximum absolute atomic E-state index is 4.61. The topological polar surface area (TPSA) is 67.1 Å². The highest BCUT2D eigenvalue weighted by Crippen LogP contribution is 2.16. The van der Waals surface area contributed by atoms with Crippen LogP contribution in [0.25, 0.3) is 5.69 Å². The number of para-hydroxylation sites is 1. The van der Waals surface area contributed by atoms with Gasteiger partial charge in [-0.25, -0.2) is 4.68 Å². The second-order valence-corrected chi connectivity index (χ2v) is 6.51. The lowest BCUT2D eigenvalue weighted by Gasteiger charge is -2.15. The maximum Gasteiger partial charge on any atom is 0.191 e. The number of aliphatic imine (C=N–C) groups is 1. The van der Waals surface area contributed by atoms with Gasteiger partial charge in [-0.3, -0.25) is 9.98 Å². The molecule has 0 bridgehead atoms. The fraction of sp³-hybridized carbons (Fsp3) is 0.286. The van der Waals surface area contributed by atoms with E-state index in [4.69, 9.17) is 0 Å². The van der Waals surface area contributed by atoms with Gasteiger partial charge in [-0.15, -0.1) is 24.0 Å². The average molecular weight is 490 g/mol. The molecule has 0 spiro atoms. The van der Waals surface area contributed by atoms with E-state index in [9.17, 15) is 0 Å². The minimum atomic E-state index is 0. The summed E-state index contributed by atoms with van der Waals surface area (Å²) in [6, 6.07) is 14.4. The molecular formula is C21H27IN6. The van der Waals surface area contributed by atoms with E-state index in [1.165, 1.54) is 0 Å². The molecule has 7 heteroatoms. The van der Waals surface area contributed by atoms with Crippen molar-refractivity contribution in [2.24, 2.45) is 4.99 Å². The number of hydrogen-bond acceptors (Lipinski definition) is 3. The zero-order valence-electron chi connectivity index (χ0n) is 16.7. The second kappa shape index (κ2) is 10.2. The highest BCUT2D eigenvalue weighted by atomic mass is 127. The Balaban J connectivity index is 0.00000280. The molecule has 0 aliphatic rings. The van der Waals surface area contributed by atoms with Crippen LogP contribution >= 0.6 is 24.0 Å². The van der Waals surface area contributed by atoms with Gasteiger partial charge in [-0.1, -0.05) is 24.3 Å². The van der Waals surface area contributed by atoms with Gasteiger partial charge in [-0.05, 0) is 50.1 Å². The lowest BCUT2D eigenvalue weighted by molar-refractivity contribution is 0.772. The van der Waals surface area contributed by atoms with E-state index < -0.39 is 0 Å². The van der Waals surface area contributed by atoms with Gasteiger partial charge in [0, 0.05) is 25.5 Å². The normalized spacial score (nSPS) is 11.1. The largest absolute Gasteiger partial charge is 0.352 e. The standard InChI is InChI=1S/C21H26N6.HI/c1-15-8-7-11-23-19(15)14-25-21(22-4)24-13-18-9-5-6-10-20(18)27-17(3)12-16(2)26-27;/h5-12H,13-14H2,1-4H3,(H2,22,24,25);1H. The first-order valence-corrected chi connectivity index (χ1v) is 9.05. The molecule has 0 radical (unpaired) electrons. The molecule has 148 valence electrons. The highest BCUT2D eigenvalue weighted by Gasteiger charge is 2.09. The van der Waals surface area contributed by atoms with E-state index in [2.05, 4.69) is 63.8 Å². The zero-order valence-corrected chi connectivity index (χ0v) is 19.1. The van der Waals surface area contributed by atoms with Gasteiger partial charge in [0.25, 0.3) is 0 Å². The lowest BCUT2D eigenvalue weighted by atomic mass is 10.1. The smallest absolute Gasteiger partial charge is 0.191 e. The Morgan fingerprint density at radius 1 is 1.04 bits per heavy atom. The quantitative estimate of drug-likeness (QED) is 0.326. The summed E-state index contributed by atoms with van der Waals surface area (Å²) < 4.78 is 1.99. The number of halogens is 1. The molecular weight excluding hydrogens is 463 g/mol. The molecule has 0 atom stereocenters. The van der Waals surface area contributed by atoms with Crippen LogP contribution in [0, 0.1) is 20.8 Å². The molecule has 0 amide bonds. The molecule has 2 N–H and O–H groups in total. The molecule has 3 rings (SSSR count). The van der Waals surface area contributed by atoms with Crippen molar-refractivity contribution in [2.75, 3.05) is 7.05 Å². The van der Waals surface area contributed by atoms with Crippen molar-refractivity contribution in [3.8, 4) is 5.69 Å². The molecule has 0 aliphatic heterocycles. The van der Waals surface area contributed by atoms with Gasteiger partial charge in [0.2, 0.25) is 0 Å². The summed E-state index contributed by atoms with van der Waals surface area (Å²) in [5.41, 5.74) is 6.54. The third-order valence-electron chi connectivity index (χ3n) is 4.44. The Hall–Kier alpha value is -2.42. The second-order valence-electron chi connectivity index (χ2n) is 6.51. The summed E-state index contributed by atoms with van der Waals surface area (Å²) in [5, 5.41) is 11.3. The number of nitrogens with one attached hydrogen (secondary N) is 2. The number of benzene rings is 1. The number of pyridine rings is 1. The molecule has 0 saturated heterocycles. The van der Waals surface area contributed by atoms with Crippen LogP contribution in [-0.2, 0) is 13.1 Å². The van der Waals surface area contributed by atoms with Gasteiger partial charge >= 0.3 is 0 Å². The van der Waals surface area contributed by atoms with Crippen LogP contribution in [0.2, 0.25) is 0 Å². The minimum absolute atomic E-state index is 0. The number of guanidine groups is 1. The number of aromatic nitrogens is 3. The summed E-state index contributed by atoms with van der Waals surface area (Å²) in [5.74, 6) is 0.739. The zero-order chi connectivity index (χ0) is 19.2. The first-order valence-electron chi connectivity index (χ1n) is 9.05. The van der Waals surface area contributed by atoms with Crippen molar-refractivity contribution in [2.45, 2.75) is 33.9 Å². The molecule has 2 heterocycles. The van der Waals surface area contributed by atoms with Gasteiger partial charge in [0.15, 0.2) is 5.96 Å². The van der Waals surface area contributed by atoms with Gasteiger partial charge in [-0.2, -0.15) is 5.10 Å². The van der Waals surface area contributed by atoms with Crippen LogP contribution in [0.15, 0.2) is 53.7 Å². The highest BCUT2D eigenvalue weighted by molar-refractivity contribution is 14.0. The van der Waals surface area contributed by atoms with E-state index >= 15 is 0 Å². The number of aryl methyl sites for hydroxylation is 3. The van der Waals surface area contributed by atoms with Crippen LogP contribution in [0.5, 0.6) is 0 Å². The average Bonchev–Trinajstić information content (AvgIpc) is 3.01. The third kappa shape index (κ3) is 5.31. The molecule has 0 unspecified atom stereocenters. The predicted octanol–water partition coefficient (Wildman–Crippen LogP) is 3.68.